The predicted molar refractivity (Wildman–Crippen MR) is 143 cm³/mol. The van der Waals surface area contributed by atoms with Crippen LogP contribution in [0.2, 0.25) is 10.0 Å². The van der Waals surface area contributed by atoms with Crippen LogP contribution in [0.5, 0.6) is 0 Å². The van der Waals surface area contributed by atoms with Crippen molar-refractivity contribution < 1.29 is 31.2 Å². The van der Waals surface area contributed by atoms with E-state index in [2.05, 4.69) is 5.32 Å². The first-order valence-corrected chi connectivity index (χ1v) is 14.3. The van der Waals surface area contributed by atoms with Gasteiger partial charge in [0, 0.05) is 41.2 Å². The van der Waals surface area contributed by atoms with Crippen LogP contribution >= 0.6 is 23.2 Å². The van der Waals surface area contributed by atoms with Gasteiger partial charge in [0.15, 0.2) is 0 Å². The topological polar surface area (TPSA) is 86.8 Å². The molecule has 38 heavy (non-hydrogen) atoms. The van der Waals surface area contributed by atoms with E-state index < -0.39 is 39.6 Å². The number of nitrogens with zero attached hydrogens (tertiary/aromatic N) is 2. The molecule has 0 aliphatic rings. The number of benzene rings is 2. The SMILES string of the molecule is CC(C)NC(=O)[C@@H](C)N(Cc1c(Cl)cccc1Cl)C(=O)CCCN(c1cccc(C(F)(F)F)c1)S(C)(=O)=O. The summed E-state index contributed by atoms with van der Waals surface area (Å²) in [7, 11) is -3.96. The van der Waals surface area contributed by atoms with Gasteiger partial charge in [0.1, 0.15) is 6.04 Å². The maximum atomic E-state index is 13.3. The van der Waals surface area contributed by atoms with Crippen LogP contribution in [0.3, 0.4) is 0 Å². The molecule has 0 saturated heterocycles. The standard InChI is InChI=1S/C25H30Cl2F3N3O4S/c1-16(2)31-24(35)17(3)32(15-20-21(26)10-6-11-22(20)27)23(34)12-7-13-33(38(4,36)37)19-9-5-8-18(14-19)25(28,29)30/h5-6,8-11,14,16-17H,7,12-13,15H2,1-4H3,(H,31,35)/t17-/m1/s1. The number of hydrogen-bond acceptors (Lipinski definition) is 4. The first-order valence-electron chi connectivity index (χ1n) is 11.7. The summed E-state index contributed by atoms with van der Waals surface area (Å²) >= 11 is 12.6. The molecule has 2 rings (SSSR count). The molecule has 0 fully saturated rings. The van der Waals surface area contributed by atoms with Gasteiger partial charge in [0.05, 0.1) is 17.5 Å². The Morgan fingerprint density at radius 3 is 2.13 bits per heavy atom. The molecule has 0 aliphatic carbocycles. The minimum Gasteiger partial charge on any atom is -0.352 e. The summed E-state index contributed by atoms with van der Waals surface area (Å²) in [6.45, 7) is 4.77. The fraction of sp³-hybridized carbons (Fsp3) is 0.440. The third-order valence-electron chi connectivity index (χ3n) is 5.60. The van der Waals surface area contributed by atoms with Crippen LogP contribution in [0.4, 0.5) is 18.9 Å². The molecule has 1 atom stereocenters. The number of amides is 2. The number of halogens is 5. The van der Waals surface area contributed by atoms with E-state index in [1.165, 1.54) is 11.0 Å². The monoisotopic (exact) mass is 595 g/mol. The van der Waals surface area contributed by atoms with Crippen LogP contribution in [0.1, 0.15) is 44.7 Å². The van der Waals surface area contributed by atoms with E-state index >= 15 is 0 Å². The van der Waals surface area contributed by atoms with E-state index in [9.17, 15) is 31.2 Å². The van der Waals surface area contributed by atoms with Crippen molar-refractivity contribution in [1.29, 1.82) is 0 Å². The summed E-state index contributed by atoms with van der Waals surface area (Å²) in [5, 5.41) is 3.36. The lowest BCUT2D eigenvalue weighted by Gasteiger charge is -2.30. The second-order valence-corrected chi connectivity index (χ2v) is 11.8. The lowest BCUT2D eigenvalue weighted by molar-refractivity contribution is -0.140. The molecule has 0 aliphatic heterocycles. The van der Waals surface area contributed by atoms with Gasteiger partial charge in [-0.15, -0.1) is 0 Å². The molecule has 0 unspecified atom stereocenters. The number of sulfonamides is 1. The number of alkyl halides is 3. The summed E-state index contributed by atoms with van der Waals surface area (Å²) in [5.74, 6) is -0.886. The van der Waals surface area contributed by atoms with Crippen molar-refractivity contribution in [2.24, 2.45) is 0 Å². The Hall–Kier alpha value is -2.50. The Kier molecular flexibility index (Phi) is 10.9. The van der Waals surface area contributed by atoms with Gasteiger partial charge in [0.25, 0.3) is 0 Å². The molecule has 7 nitrogen and oxygen atoms in total. The van der Waals surface area contributed by atoms with Crippen molar-refractivity contribution in [1.82, 2.24) is 10.2 Å². The van der Waals surface area contributed by atoms with Crippen LogP contribution in [0, 0.1) is 0 Å². The highest BCUT2D eigenvalue weighted by Gasteiger charge is 2.32. The third-order valence-corrected chi connectivity index (χ3v) is 7.50. The number of hydrogen-bond donors (Lipinski definition) is 1. The van der Waals surface area contributed by atoms with E-state index in [0.717, 1.165) is 28.8 Å². The van der Waals surface area contributed by atoms with Gasteiger partial charge in [-0.25, -0.2) is 8.42 Å². The maximum absolute atomic E-state index is 13.3. The van der Waals surface area contributed by atoms with Gasteiger partial charge in [-0.3, -0.25) is 13.9 Å². The van der Waals surface area contributed by atoms with Crippen LogP contribution in [-0.4, -0.2) is 50.0 Å². The lowest BCUT2D eigenvalue weighted by Crippen LogP contribution is -2.49. The van der Waals surface area contributed by atoms with Crippen molar-refractivity contribution in [2.75, 3.05) is 17.1 Å². The van der Waals surface area contributed by atoms with Crippen LogP contribution in [0.15, 0.2) is 42.5 Å². The molecule has 210 valence electrons. The van der Waals surface area contributed by atoms with Gasteiger partial charge in [-0.2, -0.15) is 13.2 Å². The molecule has 1 N–H and O–H groups in total. The molecular formula is C25H30Cl2F3N3O4S. The summed E-state index contributed by atoms with van der Waals surface area (Å²) < 4.78 is 65.1. The van der Waals surface area contributed by atoms with E-state index in [0.29, 0.717) is 15.6 Å². The van der Waals surface area contributed by atoms with Gasteiger partial charge in [0.2, 0.25) is 21.8 Å². The average Bonchev–Trinajstić information content (AvgIpc) is 2.79. The summed E-state index contributed by atoms with van der Waals surface area (Å²) in [5.41, 5.74) is -0.721. The normalized spacial score (nSPS) is 12.8. The van der Waals surface area contributed by atoms with Crippen molar-refractivity contribution >= 4 is 50.7 Å². The van der Waals surface area contributed by atoms with Gasteiger partial charge in [-0.1, -0.05) is 35.3 Å². The Morgan fingerprint density at radius 1 is 1.03 bits per heavy atom. The van der Waals surface area contributed by atoms with Crippen molar-refractivity contribution in [3.05, 3.63) is 63.6 Å². The zero-order valence-electron chi connectivity index (χ0n) is 21.4. The van der Waals surface area contributed by atoms with Gasteiger partial charge in [-0.05, 0) is 57.5 Å². The van der Waals surface area contributed by atoms with Gasteiger partial charge < -0.3 is 10.2 Å². The largest absolute Gasteiger partial charge is 0.416 e. The molecule has 0 bridgehead atoms. The van der Waals surface area contributed by atoms with E-state index in [1.54, 1.807) is 39.0 Å². The van der Waals surface area contributed by atoms with Crippen LogP contribution in [-0.2, 0) is 32.3 Å². The van der Waals surface area contributed by atoms with Crippen molar-refractivity contribution in [3.63, 3.8) is 0 Å². The number of carbonyl (C=O) groups excluding carboxylic acids is 2. The minimum absolute atomic E-state index is 0.0204. The Bertz CT molecular complexity index is 1240. The average molecular weight is 596 g/mol. The van der Waals surface area contributed by atoms with E-state index in [-0.39, 0.29) is 37.7 Å². The predicted octanol–water partition coefficient (Wildman–Crippen LogP) is 5.50. The summed E-state index contributed by atoms with van der Waals surface area (Å²) in [6, 6.07) is 7.71. The molecular weight excluding hydrogens is 566 g/mol. The molecule has 0 aromatic heterocycles. The Labute approximate surface area is 230 Å². The fourth-order valence-corrected chi connectivity index (χ4v) is 5.16. The van der Waals surface area contributed by atoms with E-state index in [1.807, 2.05) is 0 Å². The Balaban J connectivity index is 2.27. The quantitative estimate of drug-likeness (QED) is 0.371. The molecule has 2 aromatic carbocycles. The number of nitrogens with one attached hydrogen (secondary N) is 1. The molecule has 0 radical (unpaired) electrons. The van der Waals surface area contributed by atoms with E-state index in [4.69, 9.17) is 23.2 Å². The maximum Gasteiger partial charge on any atom is 0.416 e. The summed E-state index contributed by atoms with van der Waals surface area (Å²) in [4.78, 5) is 27.3. The van der Waals surface area contributed by atoms with Crippen molar-refractivity contribution in [3.8, 4) is 0 Å². The third kappa shape index (κ3) is 8.78. The molecule has 2 amide bonds. The van der Waals surface area contributed by atoms with Crippen molar-refractivity contribution in [2.45, 2.75) is 58.4 Å². The molecule has 0 saturated carbocycles. The minimum atomic E-state index is -4.65. The highest BCUT2D eigenvalue weighted by Crippen LogP contribution is 2.32. The fourth-order valence-electron chi connectivity index (χ4n) is 3.68. The van der Waals surface area contributed by atoms with Gasteiger partial charge >= 0.3 is 6.18 Å². The van der Waals surface area contributed by atoms with Crippen LogP contribution < -0.4 is 9.62 Å². The second kappa shape index (κ2) is 13.0. The zero-order valence-corrected chi connectivity index (χ0v) is 23.7. The number of anilines is 1. The summed E-state index contributed by atoms with van der Waals surface area (Å²) in [6.07, 6.45) is -3.98. The highest BCUT2D eigenvalue weighted by molar-refractivity contribution is 7.92. The zero-order chi connectivity index (χ0) is 28.8. The molecule has 0 spiro atoms. The smallest absolute Gasteiger partial charge is 0.352 e. The Morgan fingerprint density at radius 2 is 1.61 bits per heavy atom. The molecule has 13 heteroatoms. The number of carbonyl (C=O) groups is 2. The first kappa shape index (κ1) is 31.7. The lowest BCUT2D eigenvalue weighted by atomic mass is 10.1. The van der Waals surface area contributed by atoms with Crippen LogP contribution in [0.25, 0.3) is 0 Å². The first-order chi connectivity index (χ1) is 17.5. The highest BCUT2D eigenvalue weighted by atomic mass is 35.5. The second-order valence-electron chi connectivity index (χ2n) is 9.05. The molecule has 2 aromatic rings. The number of rotatable bonds is 11. The molecule has 0 heterocycles.